The van der Waals surface area contributed by atoms with Gasteiger partial charge in [-0.25, -0.2) is 4.79 Å². The van der Waals surface area contributed by atoms with E-state index in [0.717, 1.165) is 19.3 Å². The molecule has 0 radical (unpaired) electrons. The predicted octanol–water partition coefficient (Wildman–Crippen LogP) is 0.117. The second kappa shape index (κ2) is 6.56. The number of nitrogens with two attached hydrogens (primary N) is 1. The molecule has 1 rings (SSSR count). The van der Waals surface area contributed by atoms with Crippen LogP contribution in [0, 0.1) is 0 Å². The van der Waals surface area contributed by atoms with Gasteiger partial charge in [0.1, 0.15) is 6.10 Å². The number of carbonyl (C=O) groups is 2. The van der Waals surface area contributed by atoms with E-state index in [1.807, 2.05) is 0 Å². The van der Waals surface area contributed by atoms with Crippen LogP contribution in [-0.2, 0) is 9.53 Å². The third-order valence-corrected chi connectivity index (χ3v) is 2.76. The highest BCUT2D eigenvalue weighted by Gasteiger charge is 2.26. The first-order chi connectivity index (χ1) is 8.02. The highest BCUT2D eigenvalue weighted by atomic mass is 16.5. The van der Waals surface area contributed by atoms with Crippen molar-refractivity contribution in [2.75, 3.05) is 6.54 Å². The standard InChI is InChI=1S/C11H21N3O3/c1-3-13-11(16)14-10(15)7(2)17-9-5-4-8(12)6-9/h7-9H,3-6,12H2,1-2H3,(H2,13,14,15,16). The Labute approximate surface area is 101 Å². The van der Waals surface area contributed by atoms with E-state index in [2.05, 4.69) is 10.6 Å². The van der Waals surface area contributed by atoms with Gasteiger partial charge in [0.05, 0.1) is 6.10 Å². The molecule has 0 bridgehead atoms. The minimum atomic E-state index is -0.632. The van der Waals surface area contributed by atoms with Crippen LogP contribution in [-0.4, -0.2) is 36.7 Å². The van der Waals surface area contributed by atoms with Crippen molar-refractivity contribution >= 4 is 11.9 Å². The molecular formula is C11H21N3O3. The minimum Gasteiger partial charge on any atom is -0.365 e. The number of ether oxygens (including phenoxy) is 1. The Kier molecular flexibility index (Phi) is 5.37. The first-order valence-electron chi connectivity index (χ1n) is 6.02. The van der Waals surface area contributed by atoms with Gasteiger partial charge in [-0.15, -0.1) is 0 Å². The number of imide groups is 1. The van der Waals surface area contributed by atoms with Crippen molar-refractivity contribution in [3.05, 3.63) is 0 Å². The molecule has 0 aromatic heterocycles. The third-order valence-electron chi connectivity index (χ3n) is 2.76. The number of rotatable bonds is 4. The predicted molar refractivity (Wildman–Crippen MR) is 63.4 cm³/mol. The number of carbonyl (C=O) groups excluding carboxylic acids is 2. The number of hydrogen-bond acceptors (Lipinski definition) is 4. The maximum absolute atomic E-state index is 11.6. The molecule has 0 spiro atoms. The van der Waals surface area contributed by atoms with Crippen molar-refractivity contribution in [2.24, 2.45) is 5.73 Å². The summed E-state index contributed by atoms with van der Waals surface area (Å²) in [6, 6.07) is -0.324. The Morgan fingerprint density at radius 1 is 1.47 bits per heavy atom. The maximum Gasteiger partial charge on any atom is 0.321 e. The van der Waals surface area contributed by atoms with Crippen molar-refractivity contribution in [3.63, 3.8) is 0 Å². The summed E-state index contributed by atoms with van der Waals surface area (Å²) in [7, 11) is 0. The zero-order valence-electron chi connectivity index (χ0n) is 10.4. The van der Waals surface area contributed by atoms with Crippen LogP contribution in [0.4, 0.5) is 4.79 Å². The van der Waals surface area contributed by atoms with Gasteiger partial charge in [-0.3, -0.25) is 10.1 Å². The van der Waals surface area contributed by atoms with Gasteiger partial charge < -0.3 is 15.8 Å². The lowest BCUT2D eigenvalue weighted by molar-refractivity contribution is -0.133. The zero-order chi connectivity index (χ0) is 12.8. The third kappa shape index (κ3) is 4.70. The molecular weight excluding hydrogens is 222 g/mol. The summed E-state index contributed by atoms with van der Waals surface area (Å²) >= 11 is 0. The van der Waals surface area contributed by atoms with Crippen LogP contribution in [0.5, 0.6) is 0 Å². The van der Waals surface area contributed by atoms with Gasteiger partial charge >= 0.3 is 6.03 Å². The van der Waals surface area contributed by atoms with Crippen molar-refractivity contribution < 1.29 is 14.3 Å². The summed E-state index contributed by atoms with van der Waals surface area (Å²) in [4.78, 5) is 22.7. The van der Waals surface area contributed by atoms with E-state index in [1.54, 1.807) is 13.8 Å². The van der Waals surface area contributed by atoms with Crippen LogP contribution < -0.4 is 16.4 Å². The van der Waals surface area contributed by atoms with Gasteiger partial charge in [0, 0.05) is 12.6 Å². The molecule has 0 heterocycles. The van der Waals surface area contributed by atoms with Crippen LogP contribution in [0.1, 0.15) is 33.1 Å². The highest BCUT2D eigenvalue weighted by Crippen LogP contribution is 2.21. The topological polar surface area (TPSA) is 93.5 Å². The molecule has 17 heavy (non-hydrogen) atoms. The summed E-state index contributed by atoms with van der Waals surface area (Å²) in [5, 5.41) is 4.71. The molecule has 3 unspecified atom stereocenters. The Balaban J connectivity index is 2.29. The molecule has 3 amide bonds. The molecule has 6 heteroatoms. The normalized spacial score (nSPS) is 25.4. The van der Waals surface area contributed by atoms with Crippen LogP contribution in [0.2, 0.25) is 0 Å². The molecule has 1 aliphatic carbocycles. The fourth-order valence-corrected chi connectivity index (χ4v) is 1.87. The van der Waals surface area contributed by atoms with Gasteiger partial charge in [0.15, 0.2) is 0 Å². The number of amides is 3. The van der Waals surface area contributed by atoms with Crippen molar-refractivity contribution in [3.8, 4) is 0 Å². The molecule has 1 fully saturated rings. The molecule has 1 saturated carbocycles. The van der Waals surface area contributed by atoms with Crippen LogP contribution in [0.3, 0.4) is 0 Å². The average Bonchev–Trinajstić information content (AvgIpc) is 2.64. The fraction of sp³-hybridized carbons (Fsp3) is 0.818. The van der Waals surface area contributed by atoms with E-state index < -0.39 is 18.0 Å². The monoisotopic (exact) mass is 243 g/mol. The minimum absolute atomic E-state index is 0.0278. The van der Waals surface area contributed by atoms with Crippen molar-refractivity contribution in [1.29, 1.82) is 0 Å². The summed E-state index contributed by atoms with van der Waals surface area (Å²) in [5.74, 6) is -0.420. The van der Waals surface area contributed by atoms with Crippen LogP contribution in [0.25, 0.3) is 0 Å². The smallest absolute Gasteiger partial charge is 0.321 e. The lowest BCUT2D eigenvalue weighted by Crippen LogP contribution is -2.44. The Bertz CT molecular complexity index is 283. The first-order valence-corrected chi connectivity index (χ1v) is 6.02. The fourth-order valence-electron chi connectivity index (χ4n) is 1.87. The quantitative estimate of drug-likeness (QED) is 0.653. The van der Waals surface area contributed by atoms with Crippen molar-refractivity contribution in [1.82, 2.24) is 10.6 Å². The van der Waals surface area contributed by atoms with Gasteiger partial charge in [-0.1, -0.05) is 0 Å². The molecule has 1 aliphatic rings. The zero-order valence-corrected chi connectivity index (χ0v) is 10.4. The molecule has 4 N–H and O–H groups in total. The molecule has 0 aromatic carbocycles. The van der Waals surface area contributed by atoms with E-state index in [0.29, 0.717) is 6.54 Å². The lowest BCUT2D eigenvalue weighted by Gasteiger charge is -2.17. The maximum atomic E-state index is 11.6. The summed E-state index contributed by atoms with van der Waals surface area (Å²) in [6.07, 6.45) is 1.97. The number of nitrogens with one attached hydrogen (secondary N) is 2. The van der Waals surface area contributed by atoms with E-state index in [1.165, 1.54) is 0 Å². The number of urea groups is 1. The highest BCUT2D eigenvalue weighted by molar-refractivity contribution is 5.96. The van der Waals surface area contributed by atoms with E-state index >= 15 is 0 Å². The molecule has 6 nitrogen and oxygen atoms in total. The summed E-state index contributed by atoms with van der Waals surface area (Å²) in [5.41, 5.74) is 5.75. The number of hydrogen-bond donors (Lipinski definition) is 3. The van der Waals surface area contributed by atoms with Crippen molar-refractivity contribution in [2.45, 2.75) is 51.4 Å². The molecule has 0 saturated heterocycles. The molecule has 3 atom stereocenters. The Hall–Kier alpha value is -1.14. The van der Waals surface area contributed by atoms with Crippen LogP contribution in [0.15, 0.2) is 0 Å². The van der Waals surface area contributed by atoms with Gasteiger partial charge in [0.25, 0.3) is 5.91 Å². The van der Waals surface area contributed by atoms with E-state index in [4.69, 9.17) is 10.5 Å². The van der Waals surface area contributed by atoms with Gasteiger partial charge in [-0.2, -0.15) is 0 Å². The van der Waals surface area contributed by atoms with E-state index in [-0.39, 0.29) is 12.1 Å². The van der Waals surface area contributed by atoms with Gasteiger partial charge in [-0.05, 0) is 33.1 Å². The first kappa shape index (κ1) is 13.9. The lowest BCUT2D eigenvalue weighted by atomic mass is 10.2. The summed E-state index contributed by atoms with van der Waals surface area (Å²) in [6.45, 7) is 3.90. The SMILES string of the molecule is CCNC(=O)NC(=O)C(C)OC1CCC(N)C1. The van der Waals surface area contributed by atoms with Crippen LogP contribution >= 0.6 is 0 Å². The Morgan fingerprint density at radius 2 is 2.18 bits per heavy atom. The summed E-state index contributed by atoms with van der Waals surface area (Å²) < 4.78 is 5.55. The van der Waals surface area contributed by atoms with E-state index in [9.17, 15) is 9.59 Å². The largest absolute Gasteiger partial charge is 0.365 e. The average molecular weight is 243 g/mol. The molecule has 0 aromatic rings. The van der Waals surface area contributed by atoms with Gasteiger partial charge in [0.2, 0.25) is 0 Å². The second-order valence-electron chi connectivity index (χ2n) is 4.32. The molecule has 0 aliphatic heterocycles. The molecule has 98 valence electrons. The second-order valence-corrected chi connectivity index (χ2v) is 4.32. The Morgan fingerprint density at radius 3 is 2.71 bits per heavy atom.